The molecule has 11 amide bonds. The number of nitrogens with two attached hydrogens (primary N) is 3. The van der Waals surface area contributed by atoms with Gasteiger partial charge in [-0.05, 0) is 44.4 Å². The third-order valence-corrected chi connectivity index (χ3v) is 11.7. The van der Waals surface area contributed by atoms with Crippen LogP contribution in [0, 0.1) is 11.8 Å². The Bertz CT molecular complexity index is 2230. The molecule has 0 aromatic carbocycles. The fourth-order valence-electron chi connectivity index (χ4n) is 6.80. The van der Waals surface area contributed by atoms with Crippen molar-refractivity contribution in [1.82, 2.24) is 47.9 Å². The average molecular weight is 1120 g/mol. The SMILES string of the molecule is CC[C@H](C)[C@H](NC(=O)[C@H](C)NC(=O)[C@H](CCC(=O)O)NC(=O)[C@@H](NC(=O)[C@H](CCC(N)=O)NC(=O)[C@H](CCC(=O)O)NC(=O)[C@@H](N)CC(=O)O)[C@@H](C)CC)C(=O)N[C@@H](CCC(=O)O)C(=O)N[C@@H](CC(N)=O)C(=O)NCC(=O)O. The maximum atomic E-state index is 14.0. The number of hydrogen-bond donors (Lipinski definition) is 17. The molecular weight excluding hydrogens is 1040 g/mol. The molecule has 0 aliphatic heterocycles. The van der Waals surface area contributed by atoms with Crippen LogP contribution in [-0.4, -0.2) is 181 Å². The van der Waals surface area contributed by atoms with Crippen molar-refractivity contribution in [3.8, 4) is 0 Å². The van der Waals surface area contributed by atoms with E-state index in [4.69, 9.17) is 27.4 Å². The molecule has 0 fully saturated rings. The number of primary amides is 2. The van der Waals surface area contributed by atoms with E-state index in [1.807, 2.05) is 5.32 Å². The molecule has 438 valence electrons. The van der Waals surface area contributed by atoms with Gasteiger partial charge in [0, 0.05) is 25.7 Å². The van der Waals surface area contributed by atoms with Gasteiger partial charge in [0.15, 0.2) is 0 Å². The quantitative estimate of drug-likeness (QED) is 0.0272. The van der Waals surface area contributed by atoms with Gasteiger partial charge in [0.25, 0.3) is 0 Å². The Hall–Kier alpha value is -8.52. The summed E-state index contributed by atoms with van der Waals surface area (Å²) in [5.41, 5.74) is 16.1. The lowest BCUT2D eigenvalue weighted by molar-refractivity contribution is -0.140. The minimum atomic E-state index is -1.77. The number of aliphatic carboxylic acids is 5. The molecule has 11 atom stereocenters. The zero-order valence-electron chi connectivity index (χ0n) is 43.5. The van der Waals surface area contributed by atoms with Gasteiger partial charge in [0.2, 0.25) is 65.0 Å². The molecule has 0 saturated heterocycles. The van der Waals surface area contributed by atoms with Crippen LogP contribution in [0.15, 0.2) is 0 Å². The van der Waals surface area contributed by atoms with Gasteiger partial charge in [-0.25, -0.2) is 0 Å². The van der Waals surface area contributed by atoms with Gasteiger partial charge in [-0.1, -0.05) is 40.5 Å². The third kappa shape index (κ3) is 27.3. The first-order valence-electron chi connectivity index (χ1n) is 24.4. The van der Waals surface area contributed by atoms with Gasteiger partial charge in [0.1, 0.15) is 54.9 Å². The Labute approximate surface area is 445 Å². The first kappa shape index (κ1) is 69.5. The van der Waals surface area contributed by atoms with E-state index in [0.717, 1.165) is 6.92 Å². The summed E-state index contributed by atoms with van der Waals surface area (Å²) in [5.74, 6) is -21.1. The van der Waals surface area contributed by atoms with Gasteiger partial charge in [-0.15, -0.1) is 0 Å². The van der Waals surface area contributed by atoms with E-state index in [1.165, 1.54) is 13.8 Å². The van der Waals surface area contributed by atoms with Gasteiger partial charge >= 0.3 is 29.8 Å². The average Bonchev–Trinajstić information content (AvgIpc) is 3.34. The number of carboxylic acid groups (broad SMARTS) is 5. The fourth-order valence-corrected chi connectivity index (χ4v) is 6.80. The van der Waals surface area contributed by atoms with Crippen molar-refractivity contribution in [2.75, 3.05) is 6.54 Å². The number of carbonyl (C=O) groups is 16. The summed E-state index contributed by atoms with van der Waals surface area (Å²) in [6, 6.07) is -15.1. The molecule has 33 nitrogen and oxygen atoms in total. The van der Waals surface area contributed by atoms with Crippen LogP contribution in [0.1, 0.15) is 112 Å². The van der Waals surface area contributed by atoms with Crippen molar-refractivity contribution >= 4 is 94.8 Å². The Balaban J connectivity index is 6.68. The van der Waals surface area contributed by atoms with E-state index in [1.54, 1.807) is 13.8 Å². The molecule has 0 aliphatic carbocycles. The first-order chi connectivity index (χ1) is 36.2. The second-order valence-electron chi connectivity index (χ2n) is 18.1. The molecule has 0 bridgehead atoms. The molecule has 20 N–H and O–H groups in total. The number of carboxylic acids is 5. The van der Waals surface area contributed by atoms with Crippen molar-refractivity contribution in [3.63, 3.8) is 0 Å². The molecule has 0 aliphatic rings. The van der Waals surface area contributed by atoms with Crippen molar-refractivity contribution in [1.29, 1.82) is 0 Å². The highest BCUT2D eigenvalue weighted by Gasteiger charge is 2.37. The summed E-state index contributed by atoms with van der Waals surface area (Å²) in [6.45, 7) is 6.39. The highest BCUT2D eigenvalue weighted by molar-refractivity contribution is 5.99. The number of nitrogens with one attached hydrogen (secondary N) is 9. The predicted molar refractivity (Wildman–Crippen MR) is 264 cm³/mol. The van der Waals surface area contributed by atoms with Crippen molar-refractivity contribution in [2.45, 2.75) is 166 Å². The first-order valence-corrected chi connectivity index (χ1v) is 24.4. The van der Waals surface area contributed by atoms with E-state index in [2.05, 4.69) is 42.5 Å². The lowest BCUT2D eigenvalue weighted by Gasteiger charge is -2.30. The molecule has 0 aromatic heterocycles. The molecule has 0 heterocycles. The van der Waals surface area contributed by atoms with Crippen LogP contribution >= 0.6 is 0 Å². The highest BCUT2D eigenvalue weighted by Crippen LogP contribution is 2.14. The van der Waals surface area contributed by atoms with E-state index in [0.29, 0.717) is 0 Å². The smallest absolute Gasteiger partial charge is 0.322 e. The summed E-state index contributed by atoms with van der Waals surface area (Å²) < 4.78 is 0. The molecule has 0 saturated carbocycles. The standard InChI is InChI=1S/C45H72N12O21/c1-6-19(3)35(44(77)54-26(11-15-32(64)65)42(75)55-27(17-29(48)59)39(72)49-18-34(68)69)56-37(70)21(5)50-40(73)24(9-13-30(60)61)53-45(78)36(20(4)7-2)57-43(76)23(8-12-28(47)58)52-41(74)25(10-14-31(62)63)51-38(71)22(46)16-33(66)67/h19-27,35-36H,6-18,46H2,1-5H3,(H2,47,58)(H2,48,59)(H,49,72)(H,50,73)(H,51,71)(H,52,74)(H,53,78)(H,54,77)(H,55,75)(H,56,70)(H,57,76)(H,60,61)(H,62,63)(H,64,65)(H,66,67)(H,68,69)/t19-,20-,21-,22-,23-,24-,25-,26-,27-,35-,36-/m0/s1. The Morgan fingerprint density at radius 1 is 0.372 bits per heavy atom. The molecule has 0 radical (unpaired) electrons. The maximum absolute atomic E-state index is 14.0. The van der Waals surface area contributed by atoms with Crippen LogP contribution < -0.4 is 65.1 Å². The Morgan fingerprint density at radius 2 is 0.718 bits per heavy atom. The van der Waals surface area contributed by atoms with Crippen LogP contribution in [0.5, 0.6) is 0 Å². The van der Waals surface area contributed by atoms with Gasteiger partial charge in [-0.2, -0.15) is 0 Å². The molecule has 0 aromatic rings. The summed E-state index contributed by atoms with van der Waals surface area (Å²) in [6.07, 6.45) is -6.47. The second kappa shape index (κ2) is 34.9. The number of hydrogen-bond acceptors (Lipinski definition) is 17. The Morgan fingerprint density at radius 3 is 1.08 bits per heavy atom. The summed E-state index contributed by atoms with van der Waals surface area (Å²) in [4.78, 5) is 201. The minimum Gasteiger partial charge on any atom is -0.481 e. The molecule has 33 heteroatoms. The third-order valence-electron chi connectivity index (χ3n) is 11.7. The van der Waals surface area contributed by atoms with E-state index >= 15 is 0 Å². The predicted octanol–water partition coefficient (Wildman–Crippen LogP) is -6.29. The van der Waals surface area contributed by atoms with Crippen LogP contribution in [0.4, 0.5) is 0 Å². The van der Waals surface area contributed by atoms with Gasteiger partial charge in [-0.3, -0.25) is 76.7 Å². The summed E-state index contributed by atoms with van der Waals surface area (Å²) in [5, 5.41) is 66.2. The van der Waals surface area contributed by atoms with Gasteiger partial charge < -0.3 is 90.6 Å². The van der Waals surface area contributed by atoms with Crippen LogP contribution in [0.2, 0.25) is 0 Å². The van der Waals surface area contributed by atoms with E-state index < -0.39 is 232 Å². The molecular formula is C45H72N12O21. The van der Waals surface area contributed by atoms with Crippen LogP contribution in [0.25, 0.3) is 0 Å². The highest BCUT2D eigenvalue weighted by atomic mass is 16.4. The minimum absolute atomic E-state index is 0.150. The number of amides is 11. The molecule has 0 spiro atoms. The lowest BCUT2D eigenvalue weighted by Crippen LogP contribution is -2.61. The topological polar surface area (TPSA) is 561 Å². The molecule has 0 unspecified atom stereocenters. The van der Waals surface area contributed by atoms with Crippen LogP contribution in [-0.2, 0) is 76.7 Å². The van der Waals surface area contributed by atoms with Crippen LogP contribution in [0.3, 0.4) is 0 Å². The number of carbonyl (C=O) groups excluding carboxylic acids is 11. The maximum Gasteiger partial charge on any atom is 0.322 e. The summed E-state index contributed by atoms with van der Waals surface area (Å²) >= 11 is 0. The fraction of sp³-hybridized carbons (Fsp3) is 0.644. The van der Waals surface area contributed by atoms with Crippen molar-refractivity contribution in [2.24, 2.45) is 29.0 Å². The van der Waals surface area contributed by atoms with E-state index in [-0.39, 0.29) is 12.8 Å². The summed E-state index contributed by atoms with van der Waals surface area (Å²) in [7, 11) is 0. The normalized spacial score (nSPS) is 15.1. The molecule has 78 heavy (non-hydrogen) atoms. The van der Waals surface area contributed by atoms with Crippen molar-refractivity contribution < 1.29 is 102 Å². The van der Waals surface area contributed by atoms with Gasteiger partial charge in [0.05, 0.1) is 18.9 Å². The lowest BCUT2D eigenvalue weighted by atomic mass is 9.96. The Kier molecular flexibility index (Phi) is 31.1. The molecule has 0 rings (SSSR count). The van der Waals surface area contributed by atoms with E-state index in [9.17, 15) is 92.0 Å². The second-order valence-corrected chi connectivity index (χ2v) is 18.1. The zero-order valence-corrected chi connectivity index (χ0v) is 43.5. The largest absolute Gasteiger partial charge is 0.481 e. The van der Waals surface area contributed by atoms with Crippen molar-refractivity contribution in [3.05, 3.63) is 0 Å². The number of rotatable bonds is 39. The zero-order chi connectivity index (χ0) is 60.1. The monoisotopic (exact) mass is 1120 g/mol.